The lowest BCUT2D eigenvalue weighted by Gasteiger charge is -2.18. The smallest absolute Gasteiger partial charge is 0.137 e. The SMILES string of the molecule is COc1ccc(C(CN)NCCCCO)cc1Cl. The van der Waals surface area contributed by atoms with E-state index in [4.69, 9.17) is 27.2 Å². The summed E-state index contributed by atoms with van der Waals surface area (Å²) in [5, 5.41) is 12.7. The fraction of sp³-hybridized carbons (Fsp3) is 0.538. The molecule has 102 valence electrons. The van der Waals surface area contributed by atoms with E-state index in [1.165, 1.54) is 0 Å². The number of benzene rings is 1. The van der Waals surface area contributed by atoms with Crippen LogP contribution in [0.1, 0.15) is 24.4 Å². The van der Waals surface area contributed by atoms with Crippen molar-refractivity contribution in [2.24, 2.45) is 5.73 Å². The molecule has 0 bridgehead atoms. The highest BCUT2D eigenvalue weighted by Gasteiger charge is 2.11. The Kier molecular flexibility index (Phi) is 7.05. The monoisotopic (exact) mass is 272 g/mol. The average molecular weight is 273 g/mol. The van der Waals surface area contributed by atoms with Crippen LogP contribution < -0.4 is 15.8 Å². The lowest BCUT2D eigenvalue weighted by Crippen LogP contribution is -2.29. The lowest BCUT2D eigenvalue weighted by molar-refractivity contribution is 0.282. The van der Waals surface area contributed by atoms with Crippen molar-refractivity contribution < 1.29 is 9.84 Å². The Hall–Kier alpha value is -0.810. The van der Waals surface area contributed by atoms with Crippen molar-refractivity contribution in [2.45, 2.75) is 18.9 Å². The fourth-order valence-electron chi connectivity index (χ4n) is 1.75. The zero-order chi connectivity index (χ0) is 13.4. The number of ether oxygens (including phenoxy) is 1. The van der Waals surface area contributed by atoms with Gasteiger partial charge in [-0.3, -0.25) is 0 Å². The molecule has 0 spiro atoms. The Bertz CT molecular complexity index is 361. The predicted molar refractivity (Wildman–Crippen MR) is 74.1 cm³/mol. The molecule has 0 fully saturated rings. The highest BCUT2D eigenvalue weighted by molar-refractivity contribution is 6.32. The van der Waals surface area contributed by atoms with Gasteiger partial charge in [-0.25, -0.2) is 0 Å². The summed E-state index contributed by atoms with van der Waals surface area (Å²) in [5.74, 6) is 0.663. The second kappa shape index (κ2) is 8.32. The van der Waals surface area contributed by atoms with Crippen LogP contribution in [0, 0.1) is 0 Å². The summed E-state index contributed by atoms with van der Waals surface area (Å²) in [6.07, 6.45) is 1.73. The van der Waals surface area contributed by atoms with E-state index in [2.05, 4.69) is 5.32 Å². The number of nitrogens with two attached hydrogens (primary N) is 1. The van der Waals surface area contributed by atoms with E-state index < -0.39 is 0 Å². The lowest BCUT2D eigenvalue weighted by atomic mass is 10.1. The van der Waals surface area contributed by atoms with Crippen LogP contribution >= 0.6 is 11.6 Å². The number of aliphatic hydroxyl groups is 1. The summed E-state index contributed by atoms with van der Waals surface area (Å²) >= 11 is 6.09. The van der Waals surface area contributed by atoms with Crippen LogP contribution in [0.25, 0.3) is 0 Å². The van der Waals surface area contributed by atoms with Gasteiger partial charge in [-0.05, 0) is 37.1 Å². The zero-order valence-electron chi connectivity index (χ0n) is 10.7. The molecule has 4 nitrogen and oxygen atoms in total. The third kappa shape index (κ3) is 4.46. The van der Waals surface area contributed by atoms with Gasteiger partial charge in [-0.15, -0.1) is 0 Å². The van der Waals surface area contributed by atoms with Crippen LogP contribution in [-0.4, -0.2) is 31.9 Å². The maximum atomic E-state index is 8.72. The molecule has 1 unspecified atom stereocenters. The fourth-order valence-corrected chi connectivity index (χ4v) is 2.02. The van der Waals surface area contributed by atoms with Crippen LogP contribution in [0.5, 0.6) is 5.75 Å². The first kappa shape index (κ1) is 15.2. The molecule has 18 heavy (non-hydrogen) atoms. The van der Waals surface area contributed by atoms with E-state index in [0.29, 0.717) is 17.3 Å². The molecule has 0 aliphatic heterocycles. The van der Waals surface area contributed by atoms with Gasteiger partial charge in [0.2, 0.25) is 0 Å². The first-order valence-electron chi connectivity index (χ1n) is 6.10. The number of nitrogens with one attached hydrogen (secondary N) is 1. The van der Waals surface area contributed by atoms with E-state index in [9.17, 15) is 0 Å². The molecule has 0 saturated heterocycles. The quantitative estimate of drug-likeness (QED) is 0.630. The van der Waals surface area contributed by atoms with Crippen LogP contribution in [0.4, 0.5) is 0 Å². The highest BCUT2D eigenvalue weighted by atomic mass is 35.5. The zero-order valence-corrected chi connectivity index (χ0v) is 11.4. The number of halogens is 1. The molecule has 5 heteroatoms. The first-order valence-corrected chi connectivity index (χ1v) is 6.48. The third-order valence-electron chi connectivity index (χ3n) is 2.79. The minimum absolute atomic E-state index is 0.0760. The molecule has 1 aromatic rings. The van der Waals surface area contributed by atoms with E-state index >= 15 is 0 Å². The second-order valence-electron chi connectivity index (χ2n) is 4.07. The molecule has 1 atom stereocenters. The van der Waals surface area contributed by atoms with Crippen molar-refractivity contribution in [3.8, 4) is 5.75 Å². The Morgan fingerprint density at radius 1 is 1.44 bits per heavy atom. The molecule has 1 rings (SSSR count). The number of hydrogen-bond acceptors (Lipinski definition) is 4. The summed E-state index contributed by atoms with van der Waals surface area (Å²) < 4.78 is 5.12. The number of aliphatic hydroxyl groups excluding tert-OH is 1. The van der Waals surface area contributed by atoms with Crippen LogP contribution in [-0.2, 0) is 0 Å². The van der Waals surface area contributed by atoms with Gasteiger partial charge in [0.1, 0.15) is 5.75 Å². The van der Waals surface area contributed by atoms with Crippen molar-refractivity contribution in [1.82, 2.24) is 5.32 Å². The van der Waals surface area contributed by atoms with Gasteiger partial charge in [0.15, 0.2) is 0 Å². The summed E-state index contributed by atoms with van der Waals surface area (Å²) in [6, 6.07) is 5.75. The van der Waals surface area contributed by atoms with Crippen molar-refractivity contribution >= 4 is 11.6 Å². The summed E-state index contributed by atoms with van der Waals surface area (Å²) in [5.41, 5.74) is 6.80. The van der Waals surface area contributed by atoms with Gasteiger partial charge in [0.25, 0.3) is 0 Å². The standard InChI is InChI=1S/C13H21ClN2O2/c1-18-13-5-4-10(8-11(13)14)12(9-15)16-6-2-3-7-17/h4-5,8,12,16-17H,2-3,6-7,9,15H2,1H3. The van der Waals surface area contributed by atoms with E-state index in [1.54, 1.807) is 7.11 Å². The van der Waals surface area contributed by atoms with Gasteiger partial charge in [-0.2, -0.15) is 0 Å². The number of unbranched alkanes of at least 4 members (excludes halogenated alkanes) is 1. The summed E-state index contributed by atoms with van der Waals surface area (Å²) in [7, 11) is 1.59. The highest BCUT2D eigenvalue weighted by Crippen LogP contribution is 2.27. The van der Waals surface area contributed by atoms with Gasteiger partial charge >= 0.3 is 0 Å². The molecule has 0 heterocycles. The van der Waals surface area contributed by atoms with Gasteiger partial charge < -0.3 is 20.9 Å². The molecule has 0 saturated carbocycles. The molecule has 0 aromatic heterocycles. The Labute approximate surface area is 113 Å². The Morgan fingerprint density at radius 3 is 2.78 bits per heavy atom. The van der Waals surface area contributed by atoms with Gasteiger partial charge in [-0.1, -0.05) is 17.7 Å². The van der Waals surface area contributed by atoms with Crippen molar-refractivity contribution in [3.63, 3.8) is 0 Å². The van der Waals surface area contributed by atoms with Gasteiger partial charge in [0, 0.05) is 19.2 Å². The van der Waals surface area contributed by atoms with E-state index in [-0.39, 0.29) is 12.6 Å². The topological polar surface area (TPSA) is 67.5 Å². The van der Waals surface area contributed by atoms with Gasteiger partial charge in [0.05, 0.1) is 12.1 Å². The number of rotatable bonds is 8. The number of hydrogen-bond donors (Lipinski definition) is 3. The average Bonchev–Trinajstić information content (AvgIpc) is 2.39. The molecule has 0 radical (unpaired) electrons. The molecule has 4 N–H and O–H groups in total. The van der Waals surface area contributed by atoms with E-state index in [1.807, 2.05) is 18.2 Å². The summed E-state index contributed by atoms with van der Waals surface area (Å²) in [6.45, 7) is 1.55. The van der Waals surface area contributed by atoms with Crippen LogP contribution in [0.15, 0.2) is 18.2 Å². The van der Waals surface area contributed by atoms with E-state index in [0.717, 1.165) is 24.9 Å². The molecule has 0 amide bonds. The Balaban J connectivity index is 2.61. The minimum atomic E-state index is 0.0760. The molecule has 1 aromatic carbocycles. The van der Waals surface area contributed by atoms with Crippen molar-refractivity contribution in [1.29, 1.82) is 0 Å². The second-order valence-corrected chi connectivity index (χ2v) is 4.47. The summed E-state index contributed by atoms with van der Waals surface area (Å²) in [4.78, 5) is 0. The first-order chi connectivity index (χ1) is 8.72. The van der Waals surface area contributed by atoms with Crippen molar-refractivity contribution in [3.05, 3.63) is 28.8 Å². The Morgan fingerprint density at radius 2 is 2.22 bits per heavy atom. The maximum Gasteiger partial charge on any atom is 0.137 e. The normalized spacial score (nSPS) is 12.4. The predicted octanol–water partition coefficient (Wildman–Crippen LogP) is 1.71. The molecule has 0 aliphatic rings. The maximum absolute atomic E-state index is 8.72. The number of methoxy groups -OCH3 is 1. The molecular weight excluding hydrogens is 252 g/mol. The largest absolute Gasteiger partial charge is 0.495 e. The molecule has 0 aliphatic carbocycles. The minimum Gasteiger partial charge on any atom is -0.495 e. The van der Waals surface area contributed by atoms with Crippen LogP contribution in [0.2, 0.25) is 5.02 Å². The third-order valence-corrected chi connectivity index (χ3v) is 3.08. The van der Waals surface area contributed by atoms with Crippen LogP contribution in [0.3, 0.4) is 0 Å². The van der Waals surface area contributed by atoms with Crippen molar-refractivity contribution in [2.75, 3.05) is 26.8 Å². The molecular formula is C13H21ClN2O2.